The van der Waals surface area contributed by atoms with Crippen LogP contribution < -0.4 is 0 Å². The van der Waals surface area contributed by atoms with Crippen LogP contribution in [0, 0.1) is 0 Å². The normalized spacial score (nSPS) is 16.9. The smallest absolute Gasteiger partial charge is 0.263 e. The zero-order chi connectivity index (χ0) is 14.2. The zero-order valence-corrected chi connectivity index (χ0v) is 11.5. The summed E-state index contributed by atoms with van der Waals surface area (Å²) in [6.45, 7) is 1.85. The van der Waals surface area contributed by atoms with E-state index in [1.54, 1.807) is 18.2 Å². The molecule has 1 aliphatic heterocycles. The van der Waals surface area contributed by atoms with Crippen LogP contribution in [0.1, 0.15) is 18.4 Å². The zero-order valence-electron chi connectivity index (χ0n) is 10.7. The van der Waals surface area contributed by atoms with Gasteiger partial charge in [0, 0.05) is 41.2 Å². The first-order valence-electron chi connectivity index (χ1n) is 6.42. The molecule has 0 amide bonds. The fourth-order valence-electron chi connectivity index (χ4n) is 2.41. The Morgan fingerprint density at radius 3 is 2.55 bits per heavy atom. The molecule has 2 nitrogen and oxygen atoms in total. The van der Waals surface area contributed by atoms with E-state index in [2.05, 4.69) is 9.29 Å². The molecule has 1 aliphatic rings. The molecule has 0 unspecified atom stereocenters. The van der Waals surface area contributed by atoms with Crippen molar-refractivity contribution in [1.82, 2.24) is 9.29 Å². The fourth-order valence-corrected chi connectivity index (χ4v) is 3.59. The molecule has 1 fully saturated rings. The second-order valence-electron chi connectivity index (χ2n) is 4.77. The van der Waals surface area contributed by atoms with Crippen LogP contribution >= 0.6 is 11.9 Å². The van der Waals surface area contributed by atoms with Crippen LogP contribution in [0.4, 0.5) is 13.2 Å². The largest absolute Gasteiger partial charge is 0.418 e. The van der Waals surface area contributed by atoms with E-state index in [4.69, 9.17) is 0 Å². The van der Waals surface area contributed by atoms with Crippen LogP contribution in [0.25, 0.3) is 10.8 Å². The lowest BCUT2D eigenvalue weighted by atomic mass is 10.1. The van der Waals surface area contributed by atoms with Gasteiger partial charge in [0.1, 0.15) is 0 Å². The minimum absolute atomic E-state index is 0.256. The summed E-state index contributed by atoms with van der Waals surface area (Å²) in [5.74, 6) is 0. The summed E-state index contributed by atoms with van der Waals surface area (Å²) in [6, 6.07) is 5.20. The average Bonchev–Trinajstić information content (AvgIpc) is 2.90. The third-order valence-electron chi connectivity index (χ3n) is 3.34. The molecule has 0 N–H and O–H groups in total. The molecule has 6 heteroatoms. The maximum absolute atomic E-state index is 13.1. The van der Waals surface area contributed by atoms with Crippen molar-refractivity contribution in [1.29, 1.82) is 0 Å². The van der Waals surface area contributed by atoms with Crippen LogP contribution in [0.3, 0.4) is 0 Å². The van der Waals surface area contributed by atoms with Crippen molar-refractivity contribution in [3.8, 4) is 0 Å². The summed E-state index contributed by atoms with van der Waals surface area (Å²) in [5, 5.41) is 0.788. The van der Waals surface area contributed by atoms with E-state index in [1.807, 2.05) is 0 Å². The first-order chi connectivity index (χ1) is 9.55. The topological polar surface area (TPSA) is 16.1 Å². The number of hydrogen-bond donors (Lipinski definition) is 0. The summed E-state index contributed by atoms with van der Waals surface area (Å²) in [5.41, 5.74) is -0.655. The van der Waals surface area contributed by atoms with Crippen molar-refractivity contribution < 1.29 is 13.2 Å². The predicted molar refractivity (Wildman–Crippen MR) is 73.4 cm³/mol. The lowest BCUT2D eigenvalue weighted by Gasteiger charge is -2.17. The molecular weight excluding hydrogens is 285 g/mol. The number of halogens is 3. The Balaban J connectivity index is 2.11. The molecule has 2 heterocycles. The molecule has 0 atom stereocenters. The van der Waals surface area contributed by atoms with Gasteiger partial charge in [-0.2, -0.15) is 13.2 Å². The van der Waals surface area contributed by atoms with Gasteiger partial charge in [-0.3, -0.25) is 4.98 Å². The van der Waals surface area contributed by atoms with Gasteiger partial charge in [0.2, 0.25) is 0 Å². The number of pyridine rings is 1. The molecule has 1 saturated heterocycles. The molecule has 2 aromatic rings. The van der Waals surface area contributed by atoms with E-state index >= 15 is 0 Å². The molecule has 3 rings (SSSR count). The number of rotatable bonds is 2. The quantitative estimate of drug-likeness (QED) is 0.767. The van der Waals surface area contributed by atoms with Gasteiger partial charge in [-0.1, -0.05) is 12.1 Å². The minimum atomic E-state index is -4.38. The maximum atomic E-state index is 13.1. The summed E-state index contributed by atoms with van der Waals surface area (Å²) in [7, 11) is 0. The van der Waals surface area contributed by atoms with Crippen molar-refractivity contribution in [2.75, 3.05) is 13.1 Å². The monoisotopic (exact) mass is 298 g/mol. The SMILES string of the molecule is FC(F)(F)c1cncc2cccc(SN3CCCC3)c12. The number of fused-ring (bicyclic) bond motifs is 1. The Morgan fingerprint density at radius 2 is 1.85 bits per heavy atom. The molecule has 0 aliphatic carbocycles. The second kappa shape index (κ2) is 5.26. The van der Waals surface area contributed by atoms with E-state index in [-0.39, 0.29) is 5.39 Å². The van der Waals surface area contributed by atoms with E-state index in [1.165, 1.54) is 18.1 Å². The highest BCUT2D eigenvalue weighted by molar-refractivity contribution is 7.97. The highest BCUT2D eigenvalue weighted by Gasteiger charge is 2.34. The Bertz CT molecular complexity index is 616. The molecule has 106 valence electrons. The standard InChI is InChI=1S/C14H13F3N2S/c15-14(16,17)11-9-18-8-10-4-3-5-12(13(10)11)20-19-6-1-2-7-19/h3-5,8-9H,1-2,6-7H2. The van der Waals surface area contributed by atoms with Crippen LogP contribution in [-0.4, -0.2) is 22.4 Å². The molecule has 20 heavy (non-hydrogen) atoms. The number of hydrogen-bond acceptors (Lipinski definition) is 3. The third-order valence-corrected chi connectivity index (χ3v) is 4.50. The molecule has 0 radical (unpaired) electrons. The van der Waals surface area contributed by atoms with Gasteiger partial charge in [0.05, 0.1) is 5.56 Å². The fraction of sp³-hybridized carbons (Fsp3) is 0.357. The van der Waals surface area contributed by atoms with E-state index < -0.39 is 11.7 Å². The highest BCUT2D eigenvalue weighted by Crippen LogP contribution is 2.40. The van der Waals surface area contributed by atoms with Crippen molar-refractivity contribution in [3.05, 3.63) is 36.2 Å². The first-order valence-corrected chi connectivity index (χ1v) is 7.20. The van der Waals surface area contributed by atoms with Gasteiger partial charge < -0.3 is 0 Å². The van der Waals surface area contributed by atoms with Gasteiger partial charge >= 0.3 is 6.18 Å². The van der Waals surface area contributed by atoms with Crippen molar-refractivity contribution >= 4 is 22.7 Å². The number of nitrogens with zero attached hydrogens (tertiary/aromatic N) is 2. The molecule has 1 aromatic carbocycles. The van der Waals surface area contributed by atoms with Crippen LogP contribution in [-0.2, 0) is 6.18 Å². The first kappa shape index (κ1) is 13.7. The lowest BCUT2D eigenvalue weighted by molar-refractivity contribution is -0.136. The Morgan fingerprint density at radius 1 is 1.10 bits per heavy atom. The minimum Gasteiger partial charge on any atom is -0.263 e. The van der Waals surface area contributed by atoms with Gasteiger partial charge in [-0.15, -0.1) is 0 Å². The average molecular weight is 298 g/mol. The third kappa shape index (κ3) is 2.62. The summed E-state index contributed by atoms with van der Waals surface area (Å²) in [6.07, 6.45) is 0.222. The number of alkyl halides is 3. The Hall–Kier alpha value is -1.27. The molecule has 0 bridgehead atoms. The van der Waals surface area contributed by atoms with Crippen molar-refractivity contribution in [2.45, 2.75) is 23.9 Å². The van der Waals surface area contributed by atoms with Gasteiger partial charge in [-0.25, -0.2) is 4.31 Å². The van der Waals surface area contributed by atoms with Crippen LogP contribution in [0.2, 0.25) is 0 Å². The summed E-state index contributed by atoms with van der Waals surface area (Å²) >= 11 is 1.42. The number of aromatic nitrogens is 1. The molecular formula is C14H13F3N2S. The van der Waals surface area contributed by atoms with E-state index in [0.29, 0.717) is 10.3 Å². The molecule has 0 saturated carbocycles. The Kier molecular flexibility index (Phi) is 3.60. The molecule has 1 aromatic heterocycles. The van der Waals surface area contributed by atoms with Gasteiger partial charge in [0.15, 0.2) is 0 Å². The maximum Gasteiger partial charge on any atom is 0.418 e. The molecule has 0 spiro atoms. The lowest BCUT2D eigenvalue weighted by Crippen LogP contribution is -2.10. The number of benzene rings is 1. The Labute approximate surface area is 119 Å². The second-order valence-corrected chi connectivity index (χ2v) is 5.91. The summed E-state index contributed by atoms with van der Waals surface area (Å²) in [4.78, 5) is 4.36. The van der Waals surface area contributed by atoms with Gasteiger partial charge in [-0.05, 0) is 30.9 Å². The predicted octanol–water partition coefficient (Wildman–Crippen LogP) is 4.36. The van der Waals surface area contributed by atoms with Gasteiger partial charge in [0.25, 0.3) is 0 Å². The van der Waals surface area contributed by atoms with Crippen LogP contribution in [0.5, 0.6) is 0 Å². The van der Waals surface area contributed by atoms with E-state index in [9.17, 15) is 13.2 Å². The van der Waals surface area contributed by atoms with E-state index in [0.717, 1.165) is 32.1 Å². The van der Waals surface area contributed by atoms with Crippen LogP contribution in [0.15, 0.2) is 35.5 Å². The van der Waals surface area contributed by atoms with Crippen molar-refractivity contribution in [3.63, 3.8) is 0 Å². The van der Waals surface area contributed by atoms with Crippen molar-refractivity contribution in [2.24, 2.45) is 0 Å². The summed E-state index contributed by atoms with van der Waals surface area (Å²) < 4.78 is 41.6. The highest BCUT2D eigenvalue weighted by atomic mass is 32.2.